The van der Waals surface area contributed by atoms with Crippen LogP contribution in [0, 0.1) is 25.7 Å². The molecule has 1 aromatic rings. The molecule has 0 aromatic carbocycles. The molecule has 4 nitrogen and oxygen atoms in total. The number of aryl methyl sites for hydroxylation is 2. The van der Waals surface area contributed by atoms with Gasteiger partial charge in [0.25, 0.3) is 5.91 Å². The monoisotopic (exact) mass is 270 g/mol. The number of rotatable bonds is 1. The number of carbonyl (C=O) groups excluding carboxylic acids is 1. The molecule has 3 rings (SSSR count). The Hall–Kier alpha value is -1.000. The number of hydrogen-bond acceptors (Lipinski definition) is 3. The third-order valence-electron chi connectivity index (χ3n) is 3.95. The Bertz CT molecular complexity index is 446. The molecular weight excluding hydrogens is 252 g/mol. The lowest BCUT2D eigenvalue weighted by molar-refractivity contribution is 0.0780. The first-order valence-corrected chi connectivity index (χ1v) is 6.22. The lowest BCUT2D eigenvalue weighted by Gasteiger charge is -2.16. The molecule has 0 saturated carbocycles. The zero-order valence-electron chi connectivity index (χ0n) is 10.7. The second-order valence-corrected chi connectivity index (χ2v) is 5.22. The van der Waals surface area contributed by atoms with Gasteiger partial charge in [0.2, 0.25) is 0 Å². The van der Waals surface area contributed by atoms with Gasteiger partial charge in [-0.2, -0.15) is 0 Å². The van der Waals surface area contributed by atoms with Crippen LogP contribution in [0.25, 0.3) is 0 Å². The van der Waals surface area contributed by atoms with E-state index in [2.05, 4.69) is 5.32 Å². The van der Waals surface area contributed by atoms with E-state index in [0.717, 1.165) is 43.3 Å². The van der Waals surface area contributed by atoms with Gasteiger partial charge in [-0.15, -0.1) is 12.4 Å². The van der Waals surface area contributed by atoms with Crippen molar-refractivity contribution < 1.29 is 9.21 Å². The molecule has 2 fully saturated rings. The number of fused-ring (bicyclic) bond motifs is 1. The number of hydrogen-bond donors (Lipinski definition) is 1. The molecule has 1 N–H and O–H groups in total. The van der Waals surface area contributed by atoms with Crippen molar-refractivity contribution in [3.8, 4) is 0 Å². The van der Waals surface area contributed by atoms with E-state index in [4.69, 9.17) is 4.42 Å². The minimum Gasteiger partial charge on any atom is -0.466 e. The Balaban J connectivity index is 0.00000120. The lowest BCUT2D eigenvalue weighted by atomic mass is 10.0. The van der Waals surface area contributed by atoms with Crippen LogP contribution in [-0.2, 0) is 0 Å². The van der Waals surface area contributed by atoms with Crippen LogP contribution in [0.2, 0.25) is 0 Å². The molecule has 18 heavy (non-hydrogen) atoms. The molecule has 2 atom stereocenters. The largest absolute Gasteiger partial charge is 0.466 e. The Kier molecular flexibility index (Phi) is 3.69. The molecule has 2 aliphatic rings. The molecular formula is C13H19ClN2O2. The number of carbonyl (C=O) groups is 1. The predicted octanol–water partition coefficient (Wildman–Crippen LogP) is 1.61. The van der Waals surface area contributed by atoms with Crippen LogP contribution < -0.4 is 5.32 Å². The average Bonchev–Trinajstić information content (AvgIpc) is 2.90. The Morgan fingerprint density at radius 2 is 1.94 bits per heavy atom. The van der Waals surface area contributed by atoms with Crippen LogP contribution in [0.3, 0.4) is 0 Å². The molecule has 0 aliphatic carbocycles. The molecule has 1 amide bonds. The maximum atomic E-state index is 12.4. The van der Waals surface area contributed by atoms with Gasteiger partial charge in [0.1, 0.15) is 11.5 Å². The minimum absolute atomic E-state index is 0. The Morgan fingerprint density at radius 3 is 2.44 bits per heavy atom. The summed E-state index contributed by atoms with van der Waals surface area (Å²) >= 11 is 0. The van der Waals surface area contributed by atoms with Gasteiger partial charge in [0.15, 0.2) is 0 Å². The van der Waals surface area contributed by atoms with Crippen molar-refractivity contribution in [3.63, 3.8) is 0 Å². The first-order valence-electron chi connectivity index (χ1n) is 6.22. The van der Waals surface area contributed by atoms with Crippen molar-refractivity contribution in [2.75, 3.05) is 26.2 Å². The molecule has 0 unspecified atom stereocenters. The van der Waals surface area contributed by atoms with Crippen molar-refractivity contribution >= 4 is 18.3 Å². The summed E-state index contributed by atoms with van der Waals surface area (Å²) in [6.07, 6.45) is 0. The summed E-state index contributed by atoms with van der Waals surface area (Å²) in [4.78, 5) is 14.3. The summed E-state index contributed by atoms with van der Waals surface area (Å²) in [5.74, 6) is 2.97. The van der Waals surface area contributed by atoms with Crippen LogP contribution >= 0.6 is 12.4 Å². The van der Waals surface area contributed by atoms with Gasteiger partial charge in [-0.05, 0) is 31.7 Å². The van der Waals surface area contributed by atoms with E-state index in [1.54, 1.807) is 0 Å². The third-order valence-corrected chi connectivity index (χ3v) is 3.95. The highest BCUT2D eigenvalue weighted by Gasteiger charge is 2.38. The van der Waals surface area contributed by atoms with Crippen LogP contribution in [0.1, 0.15) is 21.9 Å². The van der Waals surface area contributed by atoms with Crippen molar-refractivity contribution in [3.05, 3.63) is 23.2 Å². The Labute approximate surface area is 113 Å². The normalized spacial score (nSPS) is 26.0. The van der Waals surface area contributed by atoms with Crippen molar-refractivity contribution in [2.45, 2.75) is 13.8 Å². The lowest BCUT2D eigenvalue weighted by Crippen LogP contribution is -2.31. The van der Waals surface area contributed by atoms with Gasteiger partial charge in [-0.1, -0.05) is 0 Å². The zero-order valence-corrected chi connectivity index (χ0v) is 11.5. The molecule has 2 saturated heterocycles. The standard InChI is InChI=1S/C13H18N2O2.ClH/c1-8-3-12(9(2)17-8)13(16)15-6-10-4-14-5-11(10)7-15;/h3,10-11,14H,4-7H2,1-2H3;1H/t10-,11+;. The van der Waals surface area contributed by atoms with E-state index < -0.39 is 0 Å². The van der Waals surface area contributed by atoms with Crippen molar-refractivity contribution in [2.24, 2.45) is 11.8 Å². The number of furan rings is 1. The maximum absolute atomic E-state index is 12.4. The van der Waals surface area contributed by atoms with Crippen molar-refractivity contribution in [1.82, 2.24) is 10.2 Å². The van der Waals surface area contributed by atoms with Gasteiger partial charge in [0.05, 0.1) is 5.56 Å². The molecule has 2 aliphatic heterocycles. The van der Waals surface area contributed by atoms with E-state index >= 15 is 0 Å². The number of nitrogens with zero attached hydrogens (tertiary/aromatic N) is 1. The quantitative estimate of drug-likeness (QED) is 0.843. The summed E-state index contributed by atoms with van der Waals surface area (Å²) in [6.45, 7) is 7.63. The summed E-state index contributed by atoms with van der Waals surface area (Å²) in [6, 6.07) is 1.85. The van der Waals surface area contributed by atoms with Crippen LogP contribution in [0.5, 0.6) is 0 Å². The zero-order chi connectivity index (χ0) is 12.0. The first kappa shape index (κ1) is 13.4. The predicted molar refractivity (Wildman–Crippen MR) is 71.2 cm³/mol. The highest BCUT2D eigenvalue weighted by molar-refractivity contribution is 5.95. The second-order valence-electron chi connectivity index (χ2n) is 5.22. The minimum atomic E-state index is 0. The van der Waals surface area contributed by atoms with E-state index in [0.29, 0.717) is 11.8 Å². The smallest absolute Gasteiger partial charge is 0.257 e. The highest BCUT2D eigenvalue weighted by atomic mass is 35.5. The van der Waals surface area contributed by atoms with Gasteiger partial charge in [-0.3, -0.25) is 4.79 Å². The molecule has 1 aromatic heterocycles. The topological polar surface area (TPSA) is 45.5 Å². The summed E-state index contributed by atoms with van der Waals surface area (Å²) in [7, 11) is 0. The van der Waals surface area contributed by atoms with Gasteiger partial charge in [-0.25, -0.2) is 0 Å². The van der Waals surface area contributed by atoms with E-state index in [-0.39, 0.29) is 18.3 Å². The second kappa shape index (κ2) is 4.94. The number of likely N-dealkylation sites (tertiary alicyclic amines) is 1. The van der Waals surface area contributed by atoms with Crippen LogP contribution in [0.15, 0.2) is 10.5 Å². The average molecular weight is 271 g/mol. The fourth-order valence-corrected chi connectivity index (χ4v) is 3.03. The van der Waals surface area contributed by atoms with Gasteiger partial charge in [0, 0.05) is 26.2 Å². The van der Waals surface area contributed by atoms with E-state index in [9.17, 15) is 4.79 Å². The van der Waals surface area contributed by atoms with Gasteiger partial charge < -0.3 is 14.6 Å². The SMILES string of the molecule is Cc1cc(C(=O)N2C[C@H]3CNC[C@H]3C2)c(C)o1.Cl. The molecule has 0 bridgehead atoms. The van der Waals surface area contributed by atoms with Crippen LogP contribution in [-0.4, -0.2) is 37.0 Å². The van der Waals surface area contributed by atoms with Crippen LogP contribution in [0.4, 0.5) is 0 Å². The van der Waals surface area contributed by atoms with Gasteiger partial charge >= 0.3 is 0 Å². The summed E-state index contributed by atoms with van der Waals surface area (Å²) in [5.41, 5.74) is 0.732. The molecule has 0 radical (unpaired) electrons. The molecule has 5 heteroatoms. The number of halogens is 1. The number of amides is 1. The Morgan fingerprint density at radius 1 is 1.33 bits per heavy atom. The van der Waals surface area contributed by atoms with E-state index in [1.807, 2.05) is 24.8 Å². The fraction of sp³-hybridized carbons (Fsp3) is 0.615. The first-order chi connectivity index (χ1) is 8.15. The summed E-state index contributed by atoms with van der Waals surface area (Å²) < 4.78 is 5.43. The number of nitrogens with one attached hydrogen (secondary N) is 1. The molecule has 0 spiro atoms. The van der Waals surface area contributed by atoms with E-state index in [1.165, 1.54) is 0 Å². The third kappa shape index (κ3) is 2.15. The fourth-order valence-electron chi connectivity index (χ4n) is 3.03. The van der Waals surface area contributed by atoms with Crippen molar-refractivity contribution in [1.29, 1.82) is 0 Å². The maximum Gasteiger partial charge on any atom is 0.257 e. The molecule has 3 heterocycles. The molecule has 100 valence electrons. The summed E-state index contributed by atoms with van der Waals surface area (Å²) in [5, 5.41) is 3.38. The highest BCUT2D eigenvalue weighted by Crippen LogP contribution is 2.28.